The van der Waals surface area contributed by atoms with Gasteiger partial charge in [0.15, 0.2) is 6.29 Å². The number of ether oxygens (including phenoxy) is 3. The van der Waals surface area contributed by atoms with Crippen molar-refractivity contribution in [3.8, 4) is 0 Å². The van der Waals surface area contributed by atoms with Crippen LogP contribution in [-0.4, -0.2) is 179 Å². The van der Waals surface area contributed by atoms with E-state index in [4.69, 9.17) is 18.7 Å². The van der Waals surface area contributed by atoms with Gasteiger partial charge in [0, 0.05) is 39.9 Å². The highest BCUT2D eigenvalue weighted by atomic mass is 31.2. The van der Waals surface area contributed by atoms with Crippen LogP contribution < -0.4 is 16.0 Å². The number of aliphatic hydroxyl groups is 8. The summed E-state index contributed by atoms with van der Waals surface area (Å²) in [4.78, 5) is 34.6. The number of methoxy groups -OCH3 is 1. The molecule has 2 amide bonds. The molecular formula is C30H60N3O16P. The number of nitrogens with one attached hydrogen (secondary N) is 3. The molecule has 1 aliphatic heterocycles. The minimum Gasteiger partial charge on any atom is -0.394 e. The maximum Gasteiger partial charge on any atom is 0.325 e. The molecule has 0 saturated carbocycles. The maximum absolute atomic E-state index is 12.9. The van der Waals surface area contributed by atoms with Crippen LogP contribution in [0, 0.1) is 0 Å². The van der Waals surface area contributed by atoms with E-state index in [1.54, 1.807) is 7.11 Å². The van der Waals surface area contributed by atoms with Crippen LogP contribution in [0.15, 0.2) is 0 Å². The first kappa shape index (κ1) is 46.6. The molecule has 0 aromatic carbocycles. The Morgan fingerprint density at radius 2 is 1.56 bits per heavy atom. The fourth-order valence-electron chi connectivity index (χ4n) is 5.07. The van der Waals surface area contributed by atoms with Crippen molar-refractivity contribution in [1.82, 2.24) is 16.0 Å². The highest BCUT2D eigenvalue weighted by molar-refractivity contribution is 7.51. The zero-order valence-corrected chi connectivity index (χ0v) is 29.8. The van der Waals surface area contributed by atoms with Gasteiger partial charge in [0.05, 0.1) is 25.9 Å². The summed E-state index contributed by atoms with van der Waals surface area (Å²) >= 11 is 0. The molecular weight excluding hydrogens is 689 g/mol. The fourth-order valence-corrected chi connectivity index (χ4v) is 5.53. The summed E-state index contributed by atoms with van der Waals surface area (Å²) in [6, 6.07) is -0.807. The molecule has 0 radical (unpaired) electrons. The summed E-state index contributed by atoms with van der Waals surface area (Å²) in [5, 5.41) is 89.0. The van der Waals surface area contributed by atoms with Crippen molar-refractivity contribution >= 4 is 19.4 Å². The smallest absolute Gasteiger partial charge is 0.325 e. The standard InChI is InChI=1S/C30H60N3O16P/c1-46-14-8-3-4-11-23(38)33-19(29(43)32-13-7-9-15-47-50(2,44)45)10-5-6-12-31-16-20(36)24(39)28(21(37)17-34)49-30-27(42)26(41)25(40)22(18-35)48-30/h19-22,24-28,30-31,34-37,39-42H,3-18H2,1-2H3,(H,32,43)(H,33,38)(H,44,45)/t19?,20?,21?,22?,24?,25?,26?,27?,28-,30+/m1/s1. The first-order valence-corrected chi connectivity index (χ1v) is 19.0. The van der Waals surface area contributed by atoms with E-state index in [-0.39, 0.29) is 37.9 Å². The van der Waals surface area contributed by atoms with Crippen molar-refractivity contribution in [3.05, 3.63) is 0 Å². The molecule has 1 fully saturated rings. The summed E-state index contributed by atoms with van der Waals surface area (Å²) in [6.07, 6.45) is -10.5. The number of amides is 2. The molecule has 1 rings (SSSR count). The molecule has 0 spiro atoms. The summed E-state index contributed by atoms with van der Waals surface area (Å²) in [7, 11) is -1.97. The van der Waals surface area contributed by atoms with Crippen molar-refractivity contribution in [1.29, 1.82) is 0 Å². The highest BCUT2D eigenvalue weighted by Gasteiger charge is 2.46. The fraction of sp³-hybridized carbons (Fsp3) is 0.933. The summed E-state index contributed by atoms with van der Waals surface area (Å²) in [5.41, 5.74) is 0. The van der Waals surface area contributed by atoms with Gasteiger partial charge in [-0.1, -0.05) is 6.42 Å². The van der Waals surface area contributed by atoms with Gasteiger partial charge in [-0.2, -0.15) is 0 Å². The zero-order valence-electron chi connectivity index (χ0n) is 28.9. The third-order valence-corrected chi connectivity index (χ3v) is 8.65. The van der Waals surface area contributed by atoms with Crippen LogP contribution in [0.5, 0.6) is 0 Å². The quantitative estimate of drug-likeness (QED) is 0.0272. The Balaban J connectivity index is 2.61. The number of carbonyl (C=O) groups is 2. The van der Waals surface area contributed by atoms with Gasteiger partial charge in [0.2, 0.25) is 11.8 Å². The SMILES string of the molecule is COCCCCCC(=O)NC(CCCCNCC(O)C(O)[C@H](O[C@@H]1OC(CO)C(O)C(O)C1O)C(O)CO)C(=O)NCCCCOP(C)(=O)O. The third-order valence-electron chi connectivity index (χ3n) is 7.99. The highest BCUT2D eigenvalue weighted by Crippen LogP contribution is 2.36. The molecule has 296 valence electrons. The Labute approximate surface area is 292 Å². The van der Waals surface area contributed by atoms with Crippen LogP contribution >= 0.6 is 7.60 Å². The molecule has 12 N–H and O–H groups in total. The van der Waals surface area contributed by atoms with Gasteiger partial charge >= 0.3 is 7.60 Å². The van der Waals surface area contributed by atoms with E-state index in [2.05, 4.69) is 16.0 Å². The van der Waals surface area contributed by atoms with Crippen molar-refractivity contribution in [2.45, 2.75) is 119 Å². The normalized spacial score (nSPS) is 25.2. The number of aliphatic hydroxyl groups excluding tert-OH is 8. The molecule has 0 bridgehead atoms. The monoisotopic (exact) mass is 749 g/mol. The first-order chi connectivity index (χ1) is 23.7. The van der Waals surface area contributed by atoms with E-state index < -0.39 is 82.0 Å². The minimum absolute atomic E-state index is 0.0655. The zero-order chi connectivity index (χ0) is 37.7. The van der Waals surface area contributed by atoms with Crippen molar-refractivity contribution in [2.24, 2.45) is 0 Å². The van der Waals surface area contributed by atoms with Gasteiger partial charge < -0.3 is 80.4 Å². The molecule has 9 unspecified atom stereocenters. The summed E-state index contributed by atoms with van der Waals surface area (Å²) in [6.45, 7) is 0.494. The molecule has 0 aromatic heterocycles. The van der Waals surface area contributed by atoms with E-state index in [0.29, 0.717) is 51.7 Å². The van der Waals surface area contributed by atoms with Gasteiger partial charge in [-0.3, -0.25) is 14.2 Å². The van der Waals surface area contributed by atoms with Crippen LogP contribution in [0.4, 0.5) is 0 Å². The molecule has 1 saturated heterocycles. The number of unbranched alkanes of at least 4 members (excludes halogenated alkanes) is 4. The Morgan fingerprint density at radius 1 is 0.880 bits per heavy atom. The van der Waals surface area contributed by atoms with Crippen LogP contribution in [0.1, 0.15) is 57.8 Å². The average Bonchev–Trinajstić information content (AvgIpc) is 3.07. The second-order valence-electron chi connectivity index (χ2n) is 12.4. The van der Waals surface area contributed by atoms with E-state index in [1.165, 1.54) is 0 Å². The van der Waals surface area contributed by atoms with Gasteiger partial charge in [-0.25, -0.2) is 0 Å². The molecule has 19 nitrogen and oxygen atoms in total. The van der Waals surface area contributed by atoms with Crippen LogP contribution in [0.2, 0.25) is 0 Å². The predicted octanol–water partition coefficient (Wildman–Crippen LogP) is -3.57. The lowest BCUT2D eigenvalue weighted by atomic mass is 9.98. The number of rotatable bonds is 28. The van der Waals surface area contributed by atoms with Gasteiger partial charge in [0.25, 0.3) is 0 Å². The molecule has 20 heteroatoms. The molecule has 0 aromatic rings. The van der Waals surface area contributed by atoms with Crippen molar-refractivity contribution < 1.29 is 78.6 Å². The van der Waals surface area contributed by atoms with Crippen LogP contribution in [0.25, 0.3) is 0 Å². The number of hydrogen-bond donors (Lipinski definition) is 12. The number of carbonyl (C=O) groups excluding carboxylic acids is 2. The van der Waals surface area contributed by atoms with E-state index in [9.17, 15) is 59.9 Å². The lowest BCUT2D eigenvalue weighted by molar-refractivity contribution is -0.327. The van der Waals surface area contributed by atoms with E-state index in [1.807, 2.05) is 0 Å². The Hall–Kier alpha value is -1.39. The second-order valence-corrected chi connectivity index (χ2v) is 14.2. The van der Waals surface area contributed by atoms with Gasteiger partial charge in [0.1, 0.15) is 48.8 Å². The van der Waals surface area contributed by atoms with Gasteiger partial charge in [-0.15, -0.1) is 0 Å². The molecule has 1 heterocycles. The average molecular weight is 750 g/mol. The first-order valence-electron chi connectivity index (χ1n) is 17.0. The van der Waals surface area contributed by atoms with E-state index >= 15 is 0 Å². The largest absolute Gasteiger partial charge is 0.394 e. The summed E-state index contributed by atoms with van der Waals surface area (Å²) < 4.78 is 31.7. The second kappa shape index (κ2) is 25.6. The molecule has 0 aliphatic carbocycles. The predicted molar refractivity (Wildman–Crippen MR) is 177 cm³/mol. The Morgan fingerprint density at radius 3 is 2.20 bits per heavy atom. The van der Waals surface area contributed by atoms with E-state index in [0.717, 1.165) is 19.5 Å². The molecule has 50 heavy (non-hydrogen) atoms. The third kappa shape index (κ3) is 18.4. The van der Waals surface area contributed by atoms with Crippen molar-refractivity contribution in [3.63, 3.8) is 0 Å². The molecule has 11 atom stereocenters. The summed E-state index contributed by atoms with van der Waals surface area (Å²) in [5.74, 6) is -0.639. The lowest BCUT2D eigenvalue weighted by Crippen LogP contribution is -2.61. The maximum atomic E-state index is 12.9. The Bertz CT molecular complexity index is 979. The van der Waals surface area contributed by atoms with Gasteiger partial charge in [-0.05, 0) is 51.5 Å². The Kier molecular flexibility index (Phi) is 23.8. The van der Waals surface area contributed by atoms with Crippen molar-refractivity contribution in [2.75, 3.05) is 59.8 Å². The minimum atomic E-state index is -3.57. The topological polar surface area (TPSA) is 306 Å². The number of hydrogen-bond acceptors (Lipinski definition) is 16. The lowest BCUT2D eigenvalue weighted by Gasteiger charge is -2.42. The molecule has 1 aliphatic rings. The van der Waals surface area contributed by atoms with Crippen LogP contribution in [0.3, 0.4) is 0 Å². The van der Waals surface area contributed by atoms with Crippen LogP contribution in [-0.2, 0) is 32.9 Å².